The molecule has 5 nitrogen and oxygen atoms in total. The first-order valence-electron chi connectivity index (χ1n) is 7.05. The highest BCUT2D eigenvalue weighted by atomic mass is 16.2. The fraction of sp³-hybridized carbons (Fsp3) is 0.643. The topological polar surface area (TPSA) is 58.1 Å². The summed E-state index contributed by atoms with van der Waals surface area (Å²) in [6, 6.07) is 0.204. The summed E-state index contributed by atoms with van der Waals surface area (Å²) in [6.45, 7) is 8.23. The van der Waals surface area contributed by atoms with E-state index in [0.29, 0.717) is 6.04 Å². The molecule has 1 aliphatic heterocycles. The normalized spacial score (nSPS) is 18.5. The lowest BCUT2D eigenvalue weighted by molar-refractivity contribution is -0.117. The molecule has 2 heterocycles. The van der Waals surface area contributed by atoms with Gasteiger partial charge in [-0.15, -0.1) is 0 Å². The number of rotatable bonds is 4. The van der Waals surface area contributed by atoms with Crippen LogP contribution in [-0.2, 0) is 4.79 Å². The van der Waals surface area contributed by atoms with Gasteiger partial charge in [-0.05, 0) is 26.2 Å². The maximum atomic E-state index is 12.2. The molecule has 0 spiro atoms. The first kappa shape index (κ1) is 13.8. The van der Waals surface area contributed by atoms with Crippen LogP contribution in [0.1, 0.15) is 45.9 Å². The molecule has 0 fully saturated rings. The molecule has 0 saturated carbocycles. The number of hydrogen-bond donors (Lipinski definition) is 1. The summed E-state index contributed by atoms with van der Waals surface area (Å²) in [5, 5.41) is 2.92. The minimum absolute atomic E-state index is 0.0503. The summed E-state index contributed by atoms with van der Waals surface area (Å²) < 4.78 is 0. The number of carbonyl (C=O) groups is 1. The molecular weight excluding hydrogens is 240 g/mol. The Morgan fingerprint density at radius 2 is 2.05 bits per heavy atom. The summed E-state index contributed by atoms with van der Waals surface area (Å²) in [5.74, 6) is 1.66. The highest BCUT2D eigenvalue weighted by Crippen LogP contribution is 2.33. The first-order chi connectivity index (χ1) is 9.12. The van der Waals surface area contributed by atoms with Gasteiger partial charge in [-0.3, -0.25) is 4.79 Å². The van der Waals surface area contributed by atoms with Crippen LogP contribution in [0.3, 0.4) is 0 Å². The third kappa shape index (κ3) is 2.41. The molecule has 0 bridgehead atoms. The second-order valence-corrected chi connectivity index (χ2v) is 4.95. The Hall–Kier alpha value is -1.65. The fourth-order valence-corrected chi connectivity index (χ4v) is 2.72. The zero-order valence-electron chi connectivity index (χ0n) is 12.1. The number of anilines is 2. The van der Waals surface area contributed by atoms with Gasteiger partial charge in [0.05, 0.1) is 6.20 Å². The van der Waals surface area contributed by atoms with E-state index < -0.39 is 0 Å². The lowest BCUT2D eigenvalue weighted by atomic mass is 10.0. The van der Waals surface area contributed by atoms with E-state index >= 15 is 0 Å². The largest absolute Gasteiger partial charge is 0.340 e. The van der Waals surface area contributed by atoms with Crippen LogP contribution < -0.4 is 10.2 Å². The zero-order chi connectivity index (χ0) is 14.0. The van der Waals surface area contributed by atoms with Gasteiger partial charge < -0.3 is 10.2 Å². The van der Waals surface area contributed by atoms with Crippen molar-refractivity contribution in [3.05, 3.63) is 12.0 Å². The zero-order valence-corrected chi connectivity index (χ0v) is 12.1. The van der Waals surface area contributed by atoms with Gasteiger partial charge in [-0.2, -0.15) is 0 Å². The number of nitrogens with zero attached hydrogens (tertiary/aromatic N) is 3. The molecule has 0 aliphatic carbocycles. The standard InChI is InChI=1S/C14H22N4O/c1-5-10(6-2)18-12(7-3)14(19)17-11-8-15-9(4)16-13(11)18/h8,10,12H,5-7H2,1-4H3,(H,17,19)/t12-/m1/s1. The van der Waals surface area contributed by atoms with Crippen molar-refractivity contribution in [3.63, 3.8) is 0 Å². The van der Waals surface area contributed by atoms with Crippen LogP contribution in [0.5, 0.6) is 0 Å². The number of aryl methyl sites for hydroxylation is 1. The van der Waals surface area contributed by atoms with E-state index in [1.54, 1.807) is 6.20 Å². The van der Waals surface area contributed by atoms with Gasteiger partial charge in [-0.25, -0.2) is 9.97 Å². The Balaban J connectivity index is 2.51. The Morgan fingerprint density at radius 1 is 1.37 bits per heavy atom. The molecular formula is C14H22N4O. The second-order valence-electron chi connectivity index (χ2n) is 4.95. The van der Waals surface area contributed by atoms with Gasteiger partial charge in [0, 0.05) is 6.04 Å². The highest BCUT2D eigenvalue weighted by Gasteiger charge is 2.36. The summed E-state index contributed by atoms with van der Waals surface area (Å²) >= 11 is 0. The van der Waals surface area contributed by atoms with E-state index in [2.05, 4.69) is 34.0 Å². The number of fused-ring (bicyclic) bond motifs is 1. The number of hydrogen-bond acceptors (Lipinski definition) is 4. The average molecular weight is 262 g/mol. The predicted octanol–water partition coefficient (Wildman–Crippen LogP) is 2.51. The fourth-order valence-electron chi connectivity index (χ4n) is 2.72. The second kappa shape index (κ2) is 5.55. The average Bonchev–Trinajstić information content (AvgIpc) is 2.40. The number of nitrogens with one attached hydrogen (secondary N) is 1. The van der Waals surface area contributed by atoms with Crippen molar-refractivity contribution < 1.29 is 4.79 Å². The molecule has 1 aliphatic rings. The van der Waals surface area contributed by atoms with Crippen molar-refractivity contribution in [1.29, 1.82) is 0 Å². The van der Waals surface area contributed by atoms with Crippen LogP contribution in [0.25, 0.3) is 0 Å². The van der Waals surface area contributed by atoms with Gasteiger partial charge in [-0.1, -0.05) is 20.8 Å². The summed E-state index contributed by atoms with van der Waals surface area (Å²) in [6.07, 6.45) is 4.49. The molecule has 0 radical (unpaired) electrons. The maximum Gasteiger partial charge on any atom is 0.247 e. The predicted molar refractivity (Wildman–Crippen MR) is 76.3 cm³/mol. The van der Waals surface area contributed by atoms with E-state index in [1.807, 2.05) is 13.8 Å². The maximum absolute atomic E-state index is 12.2. The molecule has 2 rings (SSSR count). The van der Waals surface area contributed by atoms with Crippen LogP contribution >= 0.6 is 0 Å². The van der Waals surface area contributed by atoms with Crippen molar-refractivity contribution in [2.24, 2.45) is 0 Å². The molecule has 0 aromatic carbocycles. The van der Waals surface area contributed by atoms with E-state index in [1.165, 1.54) is 0 Å². The molecule has 1 amide bonds. The molecule has 5 heteroatoms. The Labute approximate surface area is 114 Å². The Morgan fingerprint density at radius 3 is 2.63 bits per heavy atom. The van der Waals surface area contributed by atoms with Gasteiger partial charge in [0.2, 0.25) is 5.91 Å². The van der Waals surface area contributed by atoms with E-state index in [9.17, 15) is 4.79 Å². The van der Waals surface area contributed by atoms with Crippen LogP contribution in [-0.4, -0.2) is 28.0 Å². The van der Waals surface area contributed by atoms with Crippen molar-refractivity contribution in [2.45, 2.75) is 59.0 Å². The molecule has 104 valence electrons. The van der Waals surface area contributed by atoms with Gasteiger partial charge >= 0.3 is 0 Å². The lowest BCUT2D eigenvalue weighted by Gasteiger charge is -2.41. The third-order valence-electron chi connectivity index (χ3n) is 3.75. The minimum Gasteiger partial charge on any atom is -0.340 e. The van der Waals surface area contributed by atoms with Crippen molar-refractivity contribution in [1.82, 2.24) is 9.97 Å². The Kier molecular flexibility index (Phi) is 4.02. The van der Waals surface area contributed by atoms with Crippen LogP contribution in [0.15, 0.2) is 6.20 Å². The molecule has 1 N–H and O–H groups in total. The van der Waals surface area contributed by atoms with Crippen molar-refractivity contribution in [2.75, 3.05) is 10.2 Å². The molecule has 19 heavy (non-hydrogen) atoms. The van der Waals surface area contributed by atoms with Crippen LogP contribution in [0.2, 0.25) is 0 Å². The van der Waals surface area contributed by atoms with Crippen molar-refractivity contribution in [3.8, 4) is 0 Å². The van der Waals surface area contributed by atoms with Gasteiger partial charge in [0.25, 0.3) is 0 Å². The summed E-state index contributed by atoms with van der Waals surface area (Å²) in [7, 11) is 0. The molecule has 1 aromatic heterocycles. The third-order valence-corrected chi connectivity index (χ3v) is 3.75. The van der Waals surface area contributed by atoms with Crippen LogP contribution in [0.4, 0.5) is 11.5 Å². The summed E-state index contributed by atoms with van der Waals surface area (Å²) in [4.78, 5) is 23.1. The van der Waals surface area contributed by atoms with Gasteiger partial charge in [0.15, 0.2) is 5.82 Å². The van der Waals surface area contributed by atoms with Crippen molar-refractivity contribution >= 4 is 17.4 Å². The monoisotopic (exact) mass is 262 g/mol. The molecule has 0 unspecified atom stereocenters. The number of aromatic nitrogens is 2. The van der Waals surface area contributed by atoms with E-state index in [-0.39, 0.29) is 11.9 Å². The molecule has 0 saturated heterocycles. The first-order valence-corrected chi connectivity index (χ1v) is 7.05. The van der Waals surface area contributed by atoms with Gasteiger partial charge in [0.1, 0.15) is 17.6 Å². The molecule has 1 atom stereocenters. The minimum atomic E-state index is -0.133. The Bertz CT molecular complexity index is 471. The van der Waals surface area contributed by atoms with Crippen LogP contribution in [0, 0.1) is 6.92 Å². The lowest BCUT2D eigenvalue weighted by Crippen LogP contribution is -2.52. The van der Waals surface area contributed by atoms with E-state index in [4.69, 9.17) is 0 Å². The number of carbonyl (C=O) groups excluding carboxylic acids is 1. The molecule has 1 aromatic rings. The smallest absolute Gasteiger partial charge is 0.247 e. The SMILES string of the molecule is CCC(CC)N1c2nc(C)ncc2NC(=O)[C@H]1CC. The number of amides is 1. The quantitative estimate of drug-likeness (QED) is 0.905. The highest BCUT2D eigenvalue weighted by molar-refractivity contribution is 6.02. The van der Waals surface area contributed by atoms with E-state index in [0.717, 1.165) is 36.6 Å². The summed E-state index contributed by atoms with van der Waals surface area (Å²) in [5.41, 5.74) is 0.729.